The Morgan fingerprint density at radius 3 is 2.48 bits per heavy atom. The molecule has 0 spiro atoms. The molecule has 0 aliphatic carbocycles. The zero-order valence-corrected chi connectivity index (χ0v) is 12.3. The second-order valence-corrected chi connectivity index (χ2v) is 5.45. The van der Waals surface area contributed by atoms with Crippen LogP contribution >= 0.6 is 0 Å². The number of anilines is 1. The molecule has 1 heterocycles. The average Bonchev–Trinajstić information content (AvgIpc) is 2.47. The van der Waals surface area contributed by atoms with Crippen molar-refractivity contribution in [2.45, 2.75) is 45.2 Å². The molecule has 0 saturated carbocycles. The van der Waals surface area contributed by atoms with E-state index < -0.39 is 11.8 Å². The fourth-order valence-electron chi connectivity index (χ4n) is 2.80. The number of nitrogens with one attached hydrogen (secondary N) is 1. The lowest BCUT2D eigenvalue weighted by molar-refractivity contribution is -0.147. The van der Waals surface area contributed by atoms with Gasteiger partial charge in [0.25, 0.3) is 0 Å². The van der Waals surface area contributed by atoms with E-state index in [1.165, 1.54) is 0 Å². The normalized spacial score (nSPS) is 21.5. The highest BCUT2D eigenvalue weighted by molar-refractivity contribution is 6.39. The van der Waals surface area contributed by atoms with Crippen molar-refractivity contribution in [1.29, 1.82) is 5.26 Å². The van der Waals surface area contributed by atoms with Gasteiger partial charge in [0.05, 0.1) is 11.3 Å². The van der Waals surface area contributed by atoms with Crippen molar-refractivity contribution >= 4 is 17.5 Å². The summed E-state index contributed by atoms with van der Waals surface area (Å²) in [5.74, 6) is -1.21. The highest BCUT2D eigenvalue weighted by Crippen LogP contribution is 2.23. The minimum atomic E-state index is -0.682. The zero-order chi connectivity index (χ0) is 15.4. The fraction of sp³-hybridized carbons (Fsp3) is 0.438. The van der Waals surface area contributed by atoms with Crippen molar-refractivity contribution in [3.8, 4) is 6.07 Å². The quantitative estimate of drug-likeness (QED) is 0.804. The number of carbonyl (C=O) groups is 2. The number of benzene rings is 1. The van der Waals surface area contributed by atoms with Crippen LogP contribution in [0.15, 0.2) is 24.3 Å². The van der Waals surface area contributed by atoms with E-state index in [1.807, 2.05) is 19.9 Å². The van der Waals surface area contributed by atoms with Crippen LogP contribution in [0.1, 0.15) is 38.7 Å². The molecule has 0 bridgehead atoms. The number of nitriles is 1. The van der Waals surface area contributed by atoms with Gasteiger partial charge in [-0.25, -0.2) is 0 Å². The molecular weight excluding hydrogens is 266 g/mol. The molecule has 21 heavy (non-hydrogen) atoms. The van der Waals surface area contributed by atoms with Gasteiger partial charge in [-0.3, -0.25) is 9.59 Å². The van der Waals surface area contributed by atoms with E-state index in [0.717, 1.165) is 19.3 Å². The van der Waals surface area contributed by atoms with Crippen molar-refractivity contribution in [1.82, 2.24) is 4.90 Å². The number of amides is 2. The molecule has 1 fully saturated rings. The first-order chi connectivity index (χ1) is 10.0. The monoisotopic (exact) mass is 285 g/mol. The smallest absolute Gasteiger partial charge is 0.313 e. The zero-order valence-electron chi connectivity index (χ0n) is 12.3. The van der Waals surface area contributed by atoms with Gasteiger partial charge in [-0.15, -0.1) is 0 Å². The van der Waals surface area contributed by atoms with Crippen LogP contribution in [-0.2, 0) is 9.59 Å². The Bertz CT molecular complexity index is 581. The Labute approximate surface area is 124 Å². The lowest BCUT2D eigenvalue weighted by Crippen LogP contribution is -2.51. The standard InChI is InChI=1S/C16H19N3O2/c1-11-6-5-7-12(2)19(11)16(21)15(20)18-14-9-4-3-8-13(14)10-17/h3-4,8-9,11-12H,5-7H2,1-2H3,(H,18,20). The Morgan fingerprint density at radius 2 is 1.86 bits per heavy atom. The van der Waals surface area contributed by atoms with Crippen LogP contribution in [0.3, 0.4) is 0 Å². The van der Waals surface area contributed by atoms with Crippen LogP contribution in [0, 0.1) is 11.3 Å². The van der Waals surface area contributed by atoms with Crippen molar-refractivity contribution in [2.75, 3.05) is 5.32 Å². The molecule has 1 aliphatic rings. The summed E-state index contributed by atoms with van der Waals surface area (Å²) in [6, 6.07) is 8.78. The lowest BCUT2D eigenvalue weighted by Gasteiger charge is -2.38. The Kier molecular flexibility index (Phi) is 4.59. The van der Waals surface area contributed by atoms with E-state index in [-0.39, 0.29) is 12.1 Å². The van der Waals surface area contributed by atoms with Gasteiger partial charge >= 0.3 is 11.8 Å². The summed E-state index contributed by atoms with van der Waals surface area (Å²) in [6.45, 7) is 3.92. The topological polar surface area (TPSA) is 73.2 Å². The van der Waals surface area contributed by atoms with Crippen LogP contribution in [0.4, 0.5) is 5.69 Å². The molecule has 2 rings (SSSR count). The third kappa shape index (κ3) is 3.22. The predicted molar refractivity (Wildman–Crippen MR) is 79.4 cm³/mol. The number of carbonyl (C=O) groups excluding carboxylic acids is 2. The van der Waals surface area contributed by atoms with Gasteiger partial charge in [0, 0.05) is 12.1 Å². The fourth-order valence-corrected chi connectivity index (χ4v) is 2.80. The van der Waals surface area contributed by atoms with Crippen molar-refractivity contribution in [3.05, 3.63) is 29.8 Å². The minimum Gasteiger partial charge on any atom is -0.329 e. The number of para-hydroxylation sites is 1. The third-order valence-electron chi connectivity index (χ3n) is 3.92. The lowest BCUT2D eigenvalue weighted by atomic mass is 9.97. The van der Waals surface area contributed by atoms with Crippen LogP contribution in [0.2, 0.25) is 0 Å². The van der Waals surface area contributed by atoms with Gasteiger partial charge in [-0.1, -0.05) is 12.1 Å². The van der Waals surface area contributed by atoms with Crippen LogP contribution in [-0.4, -0.2) is 28.8 Å². The number of rotatable bonds is 1. The minimum absolute atomic E-state index is 0.0678. The van der Waals surface area contributed by atoms with E-state index in [4.69, 9.17) is 5.26 Å². The third-order valence-corrected chi connectivity index (χ3v) is 3.92. The molecule has 2 unspecified atom stereocenters. The van der Waals surface area contributed by atoms with Gasteiger partial charge in [0.15, 0.2) is 0 Å². The molecule has 1 N–H and O–H groups in total. The van der Waals surface area contributed by atoms with Crippen LogP contribution in [0.5, 0.6) is 0 Å². The summed E-state index contributed by atoms with van der Waals surface area (Å²) in [5.41, 5.74) is 0.717. The van der Waals surface area contributed by atoms with Crippen molar-refractivity contribution in [2.24, 2.45) is 0 Å². The first kappa shape index (κ1) is 15.0. The van der Waals surface area contributed by atoms with Gasteiger partial charge < -0.3 is 10.2 Å². The van der Waals surface area contributed by atoms with Crippen molar-refractivity contribution < 1.29 is 9.59 Å². The maximum absolute atomic E-state index is 12.4. The second-order valence-electron chi connectivity index (χ2n) is 5.45. The number of hydrogen-bond acceptors (Lipinski definition) is 3. The Morgan fingerprint density at radius 1 is 1.24 bits per heavy atom. The molecule has 5 nitrogen and oxygen atoms in total. The first-order valence-corrected chi connectivity index (χ1v) is 7.17. The number of likely N-dealkylation sites (tertiary alicyclic amines) is 1. The van der Waals surface area contributed by atoms with Gasteiger partial charge in [-0.2, -0.15) is 5.26 Å². The number of nitrogens with zero attached hydrogens (tertiary/aromatic N) is 2. The van der Waals surface area contributed by atoms with E-state index in [9.17, 15) is 9.59 Å². The molecule has 1 aliphatic heterocycles. The van der Waals surface area contributed by atoms with Crippen LogP contribution < -0.4 is 5.32 Å². The van der Waals surface area contributed by atoms with Crippen LogP contribution in [0.25, 0.3) is 0 Å². The Balaban J connectivity index is 2.13. The summed E-state index contributed by atoms with van der Waals surface area (Å²) < 4.78 is 0. The molecule has 0 aromatic heterocycles. The summed E-state index contributed by atoms with van der Waals surface area (Å²) in [5, 5.41) is 11.6. The summed E-state index contributed by atoms with van der Waals surface area (Å²) in [7, 11) is 0. The van der Waals surface area contributed by atoms with E-state index in [1.54, 1.807) is 29.2 Å². The molecule has 1 aromatic carbocycles. The van der Waals surface area contributed by atoms with E-state index in [0.29, 0.717) is 11.3 Å². The van der Waals surface area contributed by atoms with Gasteiger partial charge in [0.2, 0.25) is 0 Å². The Hall–Kier alpha value is -2.35. The van der Waals surface area contributed by atoms with E-state index in [2.05, 4.69) is 5.32 Å². The molecule has 0 radical (unpaired) electrons. The molecule has 2 amide bonds. The largest absolute Gasteiger partial charge is 0.329 e. The maximum atomic E-state index is 12.4. The maximum Gasteiger partial charge on any atom is 0.313 e. The number of hydrogen-bond donors (Lipinski definition) is 1. The highest BCUT2D eigenvalue weighted by Gasteiger charge is 2.32. The second kappa shape index (κ2) is 6.40. The van der Waals surface area contributed by atoms with Crippen molar-refractivity contribution in [3.63, 3.8) is 0 Å². The molecule has 110 valence electrons. The molecule has 2 atom stereocenters. The SMILES string of the molecule is CC1CCCC(C)N1C(=O)C(=O)Nc1ccccc1C#N. The first-order valence-electron chi connectivity index (χ1n) is 7.17. The molecular formula is C16H19N3O2. The van der Waals surface area contributed by atoms with E-state index >= 15 is 0 Å². The summed E-state index contributed by atoms with van der Waals surface area (Å²) >= 11 is 0. The van der Waals surface area contributed by atoms with Gasteiger partial charge in [-0.05, 0) is 45.2 Å². The predicted octanol–water partition coefficient (Wildman–Crippen LogP) is 2.29. The highest BCUT2D eigenvalue weighted by atomic mass is 16.2. The average molecular weight is 285 g/mol. The molecule has 5 heteroatoms. The molecule has 1 aromatic rings. The molecule has 1 saturated heterocycles. The summed E-state index contributed by atoms with van der Waals surface area (Å²) in [6.07, 6.45) is 2.90. The summed E-state index contributed by atoms with van der Waals surface area (Å²) in [4.78, 5) is 26.2. The van der Waals surface area contributed by atoms with Gasteiger partial charge in [0.1, 0.15) is 6.07 Å². The number of piperidine rings is 1.